The molecular formula is C22H26FN3O3S. The standard InChI is InChI=1S/C22H26FN3O3S/c23-20-7-9-21(10-8-20)24-13-15-25(16-14-24)22(27)19-5-3-18(4-6-19)17-30(28,29)26-11-1-2-12-26/h3-10H,1-2,11-17H2. The average molecular weight is 432 g/mol. The van der Waals surface area contributed by atoms with Crippen LogP contribution in [0.2, 0.25) is 0 Å². The molecule has 6 nitrogen and oxygen atoms in total. The zero-order chi connectivity index (χ0) is 21.1. The van der Waals surface area contributed by atoms with E-state index in [-0.39, 0.29) is 17.5 Å². The Hall–Kier alpha value is -2.45. The average Bonchev–Trinajstić information content (AvgIpc) is 3.30. The molecule has 2 aromatic rings. The lowest BCUT2D eigenvalue weighted by atomic mass is 10.1. The summed E-state index contributed by atoms with van der Waals surface area (Å²) in [7, 11) is -3.29. The first kappa shape index (κ1) is 20.8. The molecule has 2 aromatic carbocycles. The second-order valence-corrected chi connectivity index (χ2v) is 9.78. The number of amides is 1. The largest absolute Gasteiger partial charge is 0.368 e. The van der Waals surface area contributed by atoms with Crippen LogP contribution in [-0.2, 0) is 15.8 Å². The Bertz CT molecular complexity index is 979. The predicted octanol–water partition coefficient (Wildman–Crippen LogP) is 2.71. The van der Waals surface area contributed by atoms with Gasteiger partial charge in [0.05, 0.1) is 5.75 Å². The van der Waals surface area contributed by atoms with Gasteiger partial charge < -0.3 is 9.80 Å². The zero-order valence-corrected chi connectivity index (χ0v) is 17.7. The quantitative estimate of drug-likeness (QED) is 0.730. The van der Waals surface area contributed by atoms with Crippen molar-refractivity contribution < 1.29 is 17.6 Å². The highest BCUT2D eigenvalue weighted by molar-refractivity contribution is 7.88. The number of rotatable bonds is 5. The van der Waals surface area contributed by atoms with Gasteiger partial charge in [0.15, 0.2) is 0 Å². The van der Waals surface area contributed by atoms with Gasteiger partial charge in [-0.25, -0.2) is 17.1 Å². The molecule has 0 atom stereocenters. The highest BCUT2D eigenvalue weighted by Gasteiger charge is 2.26. The van der Waals surface area contributed by atoms with E-state index in [0.29, 0.717) is 50.4 Å². The fourth-order valence-electron chi connectivity index (χ4n) is 4.01. The first-order valence-electron chi connectivity index (χ1n) is 10.3. The molecule has 0 spiro atoms. The van der Waals surface area contributed by atoms with E-state index in [2.05, 4.69) is 4.90 Å². The molecule has 30 heavy (non-hydrogen) atoms. The molecular weight excluding hydrogens is 405 g/mol. The topological polar surface area (TPSA) is 60.9 Å². The molecule has 0 aliphatic carbocycles. The first-order chi connectivity index (χ1) is 14.4. The highest BCUT2D eigenvalue weighted by Crippen LogP contribution is 2.20. The Morgan fingerprint density at radius 2 is 1.43 bits per heavy atom. The van der Waals surface area contributed by atoms with Crippen molar-refractivity contribution in [2.75, 3.05) is 44.2 Å². The number of benzene rings is 2. The number of hydrogen-bond donors (Lipinski definition) is 0. The molecule has 2 saturated heterocycles. The van der Waals surface area contributed by atoms with E-state index in [1.54, 1.807) is 45.6 Å². The summed E-state index contributed by atoms with van der Waals surface area (Å²) in [5.74, 6) is -0.343. The van der Waals surface area contributed by atoms with E-state index in [0.717, 1.165) is 18.5 Å². The second kappa shape index (κ2) is 8.73. The molecule has 2 aliphatic rings. The summed E-state index contributed by atoms with van der Waals surface area (Å²) in [6.07, 6.45) is 1.84. The van der Waals surface area contributed by atoms with Gasteiger partial charge in [0.25, 0.3) is 5.91 Å². The molecule has 0 unspecified atom stereocenters. The van der Waals surface area contributed by atoms with Gasteiger partial charge in [0, 0.05) is 50.5 Å². The minimum atomic E-state index is -3.29. The van der Waals surface area contributed by atoms with Gasteiger partial charge in [-0.05, 0) is 54.8 Å². The molecule has 8 heteroatoms. The van der Waals surface area contributed by atoms with Crippen LogP contribution in [0.3, 0.4) is 0 Å². The normalized spacial score (nSPS) is 18.0. The van der Waals surface area contributed by atoms with Crippen molar-refractivity contribution in [2.45, 2.75) is 18.6 Å². The van der Waals surface area contributed by atoms with Crippen LogP contribution in [0, 0.1) is 5.82 Å². The highest BCUT2D eigenvalue weighted by atomic mass is 32.2. The van der Waals surface area contributed by atoms with Crippen molar-refractivity contribution in [3.63, 3.8) is 0 Å². The second-order valence-electron chi connectivity index (χ2n) is 7.81. The maximum atomic E-state index is 13.1. The third-order valence-corrected chi connectivity index (χ3v) is 7.62. The lowest BCUT2D eigenvalue weighted by Gasteiger charge is -2.36. The molecule has 2 heterocycles. The number of piperazine rings is 1. The lowest BCUT2D eigenvalue weighted by Crippen LogP contribution is -2.48. The van der Waals surface area contributed by atoms with E-state index >= 15 is 0 Å². The van der Waals surface area contributed by atoms with Crippen LogP contribution in [0.1, 0.15) is 28.8 Å². The number of hydrogen-bond acceptors (Lipinski definition) is 4. The monoisotopic (exact) mass is 431 g/mol. The smallest absolute Gasteiger partial charge is 0.253 e. The van der Waals surface area contributed by atoms with E-state index in [4.69, 9.17) is 0 Å². The number of halogens is 1. The summed E-state index contributed by atoms with van der Waals surface area (Å²) >= 11 is 0. The van der Waals surface area contributed by atoms with E-state index in [9.17, 15) is 17.6 Å². The molecule has 0 aromatic heterocycles. The van der Waals surface area contributed by atoms with Gasteiger partial charge in [-0.3, -0.25) is 4.79 Å². The van der Waals surface area contributed by atoms with E-state index < -0.39 is 10.0 Å². The number of carbonyl (C=O) groups excluding carboxylic acids is 1. The minimum absolute atomic E-state index is 0.0299. The van der Waals surface area contributed by atoms with E-state index in [1.807, 2.05) is 0 Å². The van der Waals surface area contributed by atoms with Crippen LogP contribution in [0.15, 0.2) is 48.5 Å². The van der Waals surface area contributed by atoms with Crippen molar-refractivity contribution in [1.29, 1.82) is 0 Å². The predicted molar refractivity (Wildman–Crippen MR) is 114 cm³/mol. The summed E-state index contributed by atoms with van der Waals surface area (Å²) in [4.78, 5) is 16.8. The fraction of sp³-hybridized carbons (Fsp3) is 0.409. The van der Waals surface area contributed by atoms with Crippen LogP contribution >= 0.6 is 0 Å². The lowest BCUT2D eigenvalue weighted by molar-refractivity contribution is 0.0747. The molecule has 160 valence electrons. The third kappa shape index (κ3) is 4.65. The Balaban J connectivity index is 1.34. The van der Waals surface area contributed by atoms with Gasteiger partial charge in [-0.2, -0.15) is 0 Å². The molecule has 4 rings (SSSR count). The molecule has 0 N–H and O–H groups in total. The van der Waals surface area contributed by atoms with Crippen LogP contribution in [0.5, 0.6) is 0 Å². The molecule has 2 aliphatic heterocycles. The Labute approximate surface area is 176 Å². The maximum absolute atomic E-state index is 13.1. The Kier molecular flexibility index (Phi) is 6.06. The van der Waals surface area contributed by atoms with Crippen molar-refractivity contribution in [3.8, 4) is 0 Å². The van der Waals surface area contributed by atoms with Crippen LogP contribution < -0.4 is 4.90 Å². The number of carbonyl (C=O) groups is 1. The Morgan fingerprint density at radius 3 is 2.03 bits per heavy atom. The molecule has 1 amide bonds. The van der Waals surface area contributed by atoms with Gasteiger partial charge in [-0.15, -0.1) is 0 Å². The number of nitrogens with zero attached hydrogens (tertiary/aromatic N) is 3. The van der Waals surface area contributed by atoms with Crippen LogP contribution in [-0.4, -0.2) is 62.8 Å². The maximum Gasteiger partial charge on any atom is 0.253 e. The number of anilines is 1. The molecule has 0 bridgehead atoms. The van der Waals surface area contributed by atoms with Crippen molar-refractivity contribution in [2.24, 2.45) is 0 Å². The molecule has 0 radical (unpaired) electrons. The summed E-state index contributed by atoms with van der Waals surface area (Å²) in [6, 6.07) is 13.3. The summed E-state index contributed by atoms with van der Waals surface area (Å²) in [6.45, 7) is 3.74. The SMILES string of the molecule is O=C(c1ccc(CS(=O)(=O)N2CCCC2)cc1)N1CCN(c2ccc(F)cc2)CC1. The van der Waals surface area contributed by atoms with Crippen molar-refractivity contribution in [1.82, 2.24) is 9.21 Å². The zero-order valence-electron chi connectivity index (χ0n) is 16.8. The third-order valence-electron chi connectivity index (χ3n) is 5.77. The summed E-state index contributed by atoms with van der Waals surface area (Å²) in [5.41, 5.74) is 2.21. The fourth-order valence-corrected chi connectivity index (χ4v) is 5.62. The number of sulfonamides is 1. The van der Waals surface area contributed by atoms with Gasteiger partial charge in [0.1, 0.15) is 5.82 Å². The molecule has 2 fully saturated rings. The Morgan fingerprint density at radius 1 is 0.833 bits per heavy atom. The first-order valence-corrected chi connectivity index (χ1v) is 11.9. The van der Waals surface area contributed by atoms with Gasteiger partial charge in [-0.1, -0.05) is 12.1 Å². The summed E-state index contributed by atoms with van der Waals surface area (Å²) < 4.78 is 39.6. The van der Waals surface area contributed by atoms with Crippen LogP contribution in [0.25, 0.3) is 0 Å². The molecule has 0 saturated carbocycles. The van der Waals surface area contributed by atoms with Crippen molar-refractivity contribution in [3.05, 3.63) is 65.5 Å². The van der Waals surface area contributed by atoms with E-state index in [1.165, 1.54) is 12.1 Å². The van der Waals surface area contributed by atoms with Gasteiger partial charge >= 0.3 is 0 Å². The van der Waals surface area contributed by atoms with Crippen molar-refractivity contribution >= 4 is 21.6 Å². The minimum Gasteiger partial charge on any atom is -0.368 e. The van der Waals surface area contributed by atoms with Gasteiger partial charge in [0.2, 0.25) is 10.0 Å². The summed E-state index contributed by atoms with van der Waals surface area (Å²) in [5, 5.41) is 0. The van der Waals surface area contributed by atoms with Crippen LogP contribution in [0.4, 0.5) is 10.1 Å².